The lowest BCUT2D eigenvalue weighted by Gasteiger charge is -2.05. The molecule has 0 fully saturated rings. The van der Waals surface area contributed by atoms with Crippen molar-refractivity contribution in [3.63, 3.8) is 0 Å². The number of alkyl halides is 3. The first kappa shape index (κ1) is 12.9. The standard InChI is InChI=1S/C8H12F3N3O2/c9-8(10,11)5-15-4-2-6-13-7(1-3-12)16-14-6/h1-5,12H2. The molecule has 0 unspecified atom stereocenters. The summed E-state index contributed by atoms with van der Waals surface area (Å²) >= 11 is 0. The van der Waals surface area contributed by atoms with Gasteiger partial charge >= 0.3 is 6.18 Å². The predicted molar refractivity (Wildman–Crippen MR) is 47.6 cm³/mol. The summed E-state index contributed by atoms with van der Waals surface area (Å²) in [5, 5.41) is 3.57. The number of ether oxygens (including phenoxy) is 1. The molecule has 0 amide bonds. The normalized spacial score (nSPS) is 12.0. The van der Waals surface area contributed by atoms with E-state index in [2.05, 4.69) is 14.9 Å². The van der Waals surface area contributed by atoms with Crippen LogP contribution in [0, 0.1) is 0 Å². The minimum atomic E-state index is -4.30. The van der Waals surface area contributed by atoms with Crippen LogP contribution in [0.4, 0.5) is 13.2 Å². The Morgan fingerprint density at radius 3 is 2.69 bits per heavy atom. The minimum Gasteiger partial charge on any atom is -0.372 e. The van der Waals surface area contributed by atoms with Crippen molar-refractivity contribution in [3.8, 4) is 0 Å². The van der Waals surface area contributed by atoms with Gasteiger partial charge in [0.05, 0.1) is 6.61 Å². The largest absolute Gasteiger partial charge is 0.411 e. The molecule has 1 heterocycles. The molecule has 5 nitrogen and oxygen atoms in total. The van der Waals surface area contributed by atoms with Crippen LogP contribution in [-0.4, -0.2) is 36.1 Å². The van der Waals surface area contributed by atoms with Crippen LogP contribution in [-0.2, 0) is 17.6 Å². The summed E-state index contributed by atoms with van der Waals surface area (Å²) in [6, 6.07) is 0. The molecule has 0 aliphatic rings. The van der Waals surface area contributed by atoms with E-state index in [4.69, 9.17) is 10.3 Å². The molecule has 8 heteroatoms. The highest BCUT2D eigenvalue weighted by Crippen LogP contribution is 2.14. The molecule has 0 spiro atoms. The quantitative estimate of drug-likeness (QED) is 0.739. The molecule has 0 aromatic carbocycles. The van der Waals surface area contributed by atoms with Crippen molar-refractivity contribution in [1.82, 2.24) is 10.1 Å². The van der Waals surface area contributed by atoms with Crippen LogP contribution >= 0.6 is 0 Å². The molecule has 1 aromatic heterocycles. The lowest BCUT2D eigenvalue weighted by molar-refractivity contribution is -0.173. The van der Waals surface area contributed by atoms with Crippen LogP contribution in [0.25, 0.3) is 0 Å². The average Bonchev–Trinajstić information content (AvgIpc) is 2.60. The fraction of sp³-hybridized carbons (Fsp3) is 0.750. The molecule has 1 rings (SSSR count). The first-order valence-corrected chi connectivity index (χ1v) is 4.67. The van der Waals surface area contributed by atoms with Gasteiger partial charge in [-0.05, 0) is 0 Å². The van der Waals surface area contributed by atoms with Gasteiger partial charge in [-0.25, -0.2) is 0 Å². The molecule has 0 saturated heterocycles. The molecule has 0 aliphatic carbocycles. The molecule has 16 heavy (non-hydrogen) atoms. The van der Waals surface area contributed by atoms with Crippen LogP contribution < -0.4 is 5.73 Å². The van der Waals surface area contributed by atoms with E-state index in [0.717, 1.165) is 0 Å². The van der Waals surface area contributed by atoms with E-state index >= 15 is 0 Å². The molecule has 0 atom stereocenters. The summed E-state index contributed by atoms with van der Waals surface area (Å²) in [6.45, 7) is -0.978. The summed E-state index contributed by atoms with van der Waals surface area (Å²) in [5.41, 5.74) is 5.26. The Bertz CT molecular complexity index is 314. The molecular formula is C8H12F3N3O2. The fourth-order valence-corrected chi connectivity index (χ4v) is 0.968. The summed E-state index contributed by atoms with van der Waals surface area (Å²) in [7, 11) is 0. The number of rotatable bonds is 6. The van der Waals surface area contributed by atoms with E-state index in [1.165, 1.54) is 0 Å². The van der Waals surface area contributed by atoms with Crippen molar-refractivity contribution in [2.75, 3.05) is 19.8 Å². The third kappa shape index (κ3) is 5.08. The van der Waals surface area contributed by atoms with E-state index in [1.807, 2.05) is 0 Å². The lowest BCUT2D eigenvalue weighted by Crippen LogP contribution is -2.18. The third-order valence-electron chi connectivity index (χ3n) is 1.60. The monoisotopic (exact) mass is 239 g/mol. The smallest absolute Gasteiger partial charge is 0.372 e. The molecule has 0 aliphatic heterocycles. The van der Waals surface area contributed by atoms with Gasteiger partial charge in [0.2, 0.25) is 5.89 Å². The second kappa shape index (κ2) is 5.80. The minimum absolute atomic E-state index is 0.0961. The Kier molecular flexibility index (Phi) is 4.69. The number of halogens is 3. The summed E-state index contributed by atoms with van der Waals surface area (Å²) in [4.78, 5) is 3.91. The number of aromatic nitrogens is 2. The molecule has 0 radical (unpaired) electrons. The first-order chi connectivity index (χ1) is 7.51. The maximum atomic E-state index is 11.7. The van der Waals surface area contributed by atoms with Gasteiger partial charge in [0.25, 0.3) is 0 Å². The lowest BCUT2D eigenvalue weighted by atomic mass is 10.4. The van der Waals surface area contributed by atoms with E-state index < -0.39 is 12.8 Å². The van der Waals surface area contributed by atoms with Gasteiger partial charge in [-0.1, -0.05) is 5.16 Å². The van der Waals surface area contributed by atoms with Crippen molar-refractivity contribution >= 4 is 0 Å². The first-order valence-electron chi connectivity index (χ1n) is 4.67. The molecule has 2 N–H and O–H groups in total. The molecular weight excluding hydrogens is 227 g/mol. The van der Waals surface area contributed by atoms with Gasteiger partial charge in [0, 0.05) is 19.4 Å². The molecule has 92 valence electrons. The number of nitrogens with zero attached hydrogens (tertiary/aromatic N) is 2. The Labute approximate surface area is 89.8 Å². The van der Waals surface area contributed by atoms with Gasteiger partial charge in [0.15, 0.2) is 5.82 Å². The second-order valence-electron chi connectivity index (χ2n) is 3.06. The average molecular weight is 239 g/mol. The fourth-order valence-electron chi connectivity index (χ4n) is 0.968. The maximum absolute atomic E-state index is 11.7. The van der Waals surface area contributed by atoms with Gasteiger partial charge in [-0.3, -0.25) is 0 Å². The third-order valence-corrected chi connectivity index (χ3v) is 1.60. The predicted octanol–water partition coefficient (Wildman–Crippen LogP) is 0.692. The van der Waals surface area contributed by atoms with Crippen molar-refractivity contribution < 1.29 is 22.4 Å². The van der Waals surface area contributed by atoms with Crippen molar-refractivity contribution in [1.29, 1.82) is 0 Å². The SMILES string of the molecule is NCCc1nc(CCOCC(F)(F)F)no1. The molecule has 1 aromatic rings. The highest BCUT2D eigenvalue weighted by atomic mass is 19.4. The van der Waals surface area contributed by atoms with Gasteiger partial charge in [0.1, 0.15) is 6.61 Å². The zero-order valence-electron chi connectivity index (χ0n) is 8.46. The number of hydrogen-bond acceptors (Lipinski definition) is 5. The van der Waals surface area contributed by atoms with Crippen LogP contribution in [0.2, 0.25) is 0 Å². The van der Waals surface area contributed by atoms with Crippen molar-refractivity contribution in [2.24, 2.45) is 5.73 Å². The van der Waals surface area contributed by atoms with Gasteiger partial charge in [-0.15, -0.1) is 0 Å². The van der Waals surface area contributed by atoms with Crippen LogP contribution in [0.15, 0.2) is 4.52 Å². The van der Waals surface area contributed by atoms with E-state index in [1.54, 1.807) is 0 Å². The van der Waals surface area contributed by atoms with E-state index in [0.29, 0.717) is 24.7 Å². The molecule has 0 bridgehead atoms. The van der Waals surface area contributed by atoms with Crippen molar-refractivity contribution in [2.45, 2.75) is 19.0 Å². The Morgan fingerprint density at radius 2 is 2.06 bits per heavy atom. The Morgan fingerprint density at radius 1 is 1.31 bits per heavy atom. The summed E-state index contributed by atoms with van der Waals surface area (Å²) in [6.07, 6.45) is -3.66. The maximum Gasteiger partial charge on any atom is 0.411 e. The van der Waals surface area contributed by atoms with Gasteiger partial charge < -0.3 is 15.0 Å². The summed E-state index contributed by atoms with van der Waals surface area (Å²) in [5.74, 6) is 0.707. The number of hydrogen-bond donors (Lipinski definition) is 1. The Balaban J connectivity index is 2.21. The van der Waals surface area contributed by atoms with E-state index in [9.17, 15) is 13.2 Å². The zero-order chi connectivity index (χ0) is 12.0. The van der Waals surface area contributed by atoms with Crippen LogP contribution in [0.5, 0.6) is 0 Å². The topological polar surface area (TPSA) is 74.2 Å². The second-order valence-corrected chi connectivity index (χ2v) is 3.06. The zero-order valence-corrected chi connectivity index (χ0v) is 8.46. The highest BCUT2D eigenvalue weighted by molar-refractivity contribution is 4.86. The van der Waals surface area contributed by atoms with E-state index in [-0.39, 0.29) is 13.0 Å². The number of nitrogens with two attached hydrogens (primary N) is 1. The molecule has 0 saturated carbocycles. The van der Waals surface area contributed by atoms with Crippen molar-refractivity contribution in [3.05, 3.63) is 11.7 Å². The van der Waals surface area contributed by atoms with Crippen LogP contribution in [0.1, 0.15) is 11.7 Å². The summed E-state index contributed by atoms with van der Waals surface area (Å²) < 4.78 is 44.3. The van der Waals surface area contributed by atoms with Gasteiger partial charge in [-0.2, -0.15) is 18.2 Å². The highest BCUT2D eigenvalue weighted by Gasteiger charge is 2.27. The Hall–Kier alpha value is -1.15. The van der Waals surface area contributed by atoms with Crippen LogP contribution in [0.3, 0.4) is 0 Å².